The average molecular weight is 314 g/mol. The molecule has 122 valence electrons. The standard InChI is InChI=1S/C19H22O4/c1-20-16-9-8-15(19(13-16)23-4)7-5-6-14-10-17(21-2)12-18(11-14)22-3/h5,7-13H,6H2,1-4H3/b7-5+. The summed E-state index contributed by atoms with van der Waals surface area (Å²) < 4.78 is 21.2. The van der Waals surface area contributed by atoms with Gasteiger partial charge in [-0.25, -0.2) is 0 Å². The minimum Gasteiger partial charge on any atom is -0.497 e. The fourth-order valence-electron chi connectivity index (χ4n) is 2.26. The monoisotopic (exact) mass is 314 g/mol. The van der Waals surface area contributed by atoms with Crippen LogP contribution in [0.4, 0.5) is 0 Å². The number of allylic oxidation sites excluding steroid dienone is 1. The van der Waals surface area contributed by atoms with E-state index in [1.807, 2.05) is 42.5 Å². The van der Waals surface area contributed by atoms with Crippen LogP contribution in [-0.2, 0) is 6.42 Å². The third-order valence-corrected chi connectivity index (χ3v) is 3.50. The lowest BCUT2D eigenvalue weighted by Crippen LogP contribution is -1.91. The first-order valence-corrected chi connectivity index (χ1v) is 7.30. The minimum absolute atomic E-state index is 0.767. The summed E-state index contributed by atoms with van der Waals surface area (Å²) in [5.74, 6) is 3.13. The van der Waals surface area contributed by atoms with E-state index in [4.69, 9.17) is 18.9 Å². The fraction of sp³-hybridized carbons (Fsp3) is 0.263. The van der Waals surface area contributed by atoms with E-state index in [0.717, 1.165) is 40.5 Å². The van der Waals surface area contributed by atoms with Gasteiger partial charge in [0.25, 0.3) is 0 Å². The normalized spacial score (nSPS) is 10.6. The molecule has 2 rings (SSSR count). The van der Waals surface area contributed by atoms with Gasteiger partial charge in [0.2, 0.25) is 0 Å². The van der Waals surface area contributed by atoms with Gasteiger partial charge < -0.3 is 18.9 Å². The molecule has 0 aromatic heterocycles. The smallest absolute Gasteiger partial charge is 0.129 e. The van der Waals surface area contributed by atoms with Crippen LogP contribution in [0.25, 0.3) is 6.08 Å². The van der Waals surface area contributed by atoms with Gasteiger partial charge in [0.15, 0.2) is 0 Å². The molecule has 4 nitrogen and oxygen atoms in total. The van der Waals surface area contributed by atoms with Gasteiger partial charge in [-0.2, -0.15) is 0 Å². The maximum Gasteiger partial charge on any atom is 0.129 e. The van der Waals surface area contributed by atoms with Gasteiger partial charge in [0.05, 0.1) is 28.4 Å². The van der Waals surface area contributed by atoms with Crippen LogP contribution in [0.15, 0.2) is 42.5 Å². The molecule has 0 aliphatic heterocycles. The summed E-state index contributed by atoms with van der Waals surface area (Å²) in [6.07, 6.45) is 4.88. The van der Waals surface area contributed by atoms with E-state index >= 15 is 0 Å². The Kier molecular flexibility index (Phi) is 5.92. The molecule has 4 heteroatoms. The van der Waals surface area contributed by atoms with E-state index in [9.17, 15) is 0 Å². The molecule has 0 aliphatic rings. The molecule has 0 saturated carbocycles. The molecule has 2 aromatic rings. The molecule has 0 heterocycles. The van der Waals surface area contributed by atoms with E-state index in [2.05, 4.69) is 6.08 Å². The molecular formula is C19H22O4. The van der Waals surface area contributed by atoms with Crippen molar-refractivity contribution >= 4 is 6.08 Å². The Bertz CT molecular complexity index is 655. The lowest BCUT2D eigenvalue weighted by Gasteiger charge is -2.08. The third kappa shape index (κ3) is 4.42. The summed E-state index contributed by atoms with van der Waals surface area (Å²) in [7, 11) is 6.59. The molecule has 0 fully saturated rings. The van der Waals surface area contributed by atoms with Crippen LogP contribution in [0.2, 0.25) is 0 Å². The van der Waals surface area contributed by atoms with Crippen LogP contribution < -0.4 is 18.9 Å². The van der Waals surface area contributed by atoms with Crippen molar-refractivity contribution in [3.8, 4) is 23.0 Å². The van der Waals surface area contributed by atoms with Gasteiger partial charge in [-0.1, -0.05) is 12.2 Å². The predicted molar refractivity (Wildman–Crippen MR) is 91.8 cm³/mol. The number of benzene rings is 2. The number of ether oxygens (including phenoxy) is 4. The Labute approximate surface area is 137 Å². The van der Waals surface area contributed by atoms with Gasteiger partial charge in [-0.15, -0.1) is 0 Å². The topological polar surface area (TPSA) is 36.9 Å². The molecule has 0 N–H and O–H groups in total. The summed E-state index contributed by atoms with van der Waals surface area (Å²) in [4.78, 5) is 0. The number of rotatable bonds is 7. The van der Waals surface area contributed by atoms with Crippen molar-refractivity contribution < 1.29 is 18.9 Å². The molecular weight excluding hydrogens is 292 g/mol. The van der Waals surface area contributed by atoms with Crippen molar-refractivity contribution in [2.24, 2.45) is 0 Å². The Morgan fingerprint density at radius 3 is 1.96 bits per heavy atom. The lowest BCUT2D eigenvalue weighted by molar-refractivity contribution is 0.393. The second kappa shape index (κ2) is 8.13. The quantitative estimate of drug-likeness (QED) is 0.775. The highest BCUT2D eigenvalue weighted by molar-refractivity contribution is 5.59. The first kappa shape index (κ1) is 16.7. The number of methoxy groups -OCH3 is 4. The number of hydrogen-bond acceptors (Lipinski definition) is 4. The molecule has 0 atom stereocenters. The molecule has 0 saturated heterocycles. The molecule has 0 unspecified atom stereocenters. The van der Waals surface area contributed by atoms with Crippen LogP contribution in [0.1, 0.15) is 11.1 Å². The van der Waals surface area contributed by atoms with Crippen molar-refractivity contribution in [3.63, 3.8) is 0 Å². The maximum atomic E-state index is 5.39. The van der Waals surface area contributed by atoms with Gasteiger partial charge in [0, 0.05) is 17.7 Å². The zero-order valence-corrected chi connectivity index (χ0v) is 14.0. The molecule has 23 heavy (non-hydrogen) atoms. The Balaban J connectivity index is 2.15. The van der Waals surface area contributed by atoms with Crippen LogP contribution in [0.5, 0.6) is 23.0 Å². The van der Waals surface area contributed by atoms with E-state index in [0.29, 0.717) is 0 Å². The van der Waals surface area contributed by atoms with Crippen molar-refractivity contribution in [2.45, 2.75) is 6.42 Å². The highest BCUT2D eigenvalue weighted by atomic mass is 16.5. The van der Waals surface area contributed by atoms with Gasteiger partial charge in [-0.05, 0) is 36.2 Å². The molecule has 0 spiro atoms. The molecule has 0 bridgehead atoms. The zero-order valence-electron chi connectivity index (χ0n) is 14.0. The Hall–Kier alpha value is -2.62. The highest BCUT2D eigenvalue weighted by Crippen LogP contribution is 2.26. The molecule has 0 radical (unpaired) electrons. The third-order valence-electron chi connectivity index (χ3n) is 3.50. The highest BCUT2D eigenvalue weighted by Gasteiger charge is 2.03. The second-order valence-electron chi connectivity index (χ2n) is 4.94. The summed E-state index contributed by atoms with van der Waals surface area (Å²) in [6.45, 7) is 0. The zero-order chi connectivity index (χ0) is 16.7. The van der Waals surface area contributed by atoms with E-state index in [1.54, 1.807) is 28.4 Å². The van der Waals surface area contributed by atoms with E-state index < -0.39 is 0 Å². The van der Waals surface area contributed by atoms with Crippen molar-refractivity contribution in [3.05, 3.63) is 53.6 Å². The summed E-state index contributed by atoms with van der Waals surface area (Å²) in [5, 5.41) is 0. The van der Waals surface area contributed by atoms with Crippen LogP contribution >= 0.6 is 0 Å². The van der Waals surface area contributed by atoms with Crippen LogP contribution in [0.3, 0.4) is 0 Å². The minimum atomic E-state index is 0.767. The van der Waals surface area contributed by atoms with Gasteiger partial charge in [-0.3, -0.25) is 0 Å². The molecule has 0 aliphatic carbocycles. The van der Waals surface area contributed by atoms with Crippen molar-refractivity contribution in [1.29, 1.82) is 0 Å². The predicted octanol–water partition coefficient (Wildman–Crippen LogP) is 3.98. The van der Waals surface area contributed by atoms with E-state index in [-0.39, 0.29) is 0 Å². The van der Waals surface area contributed by atoms with Gasteiger partial charge in [0.1, 0.15) is 23.0 Å². The Morgan fingerprint density at radius 2 is 1.39 bits per heavy atom. The summed E-state index contributed by atoms with van der Waals surface area (Å²) in [6, 6.07) is 11.6. The lowest BCUT2D eigenvalue weighted by atomic mass is 10.1. The molecule has 2 aromatic carbocycles. The maximum absolute atomic E-state index is 5.39. The largest absolute Gasteiger partial charge is 0.497 e. The number of hydrogen-bond donors (Lipinski definition) is 0. The van der Waals surface area contributed by atoms with Crippen molar-refractivity contribution in [1.82, 2.24) is 0 Å². The summed E-state index contributed by atoms with van der Waals surface area (Å²) >= 11 is 0. The second-order valence-corrected chi connectivity index (χ2v) is 4.94. The summed E-state index contributed by atoms with van der Waals surface area (Å²) in [5.41, 5.74) is 2.12. The molecule has 0 amide bonds. The van der Waals surface area contributed by atoms with Crippen LogP contribution in [0, 0.1) is 0 Å². The SMILES string of the molecule is COc1cc(C/C=C/c2ccc(OC)cc2OC)cc(OC)c1. The van der Waals surface area contributed by atoms with Crippen molar-refractivity contribution in [2.75, 3.05) is 28.4 Å². The Morgan fingerprint density at radius 1 is 0.739 bits per heavy atom. The van der Waals surface area contributed by atoms with Crippen LogP contribution in [-0.4, -0.2) is 28.4 Å². The fourth-order valence-corrected chi connectivity index (χ4v) is 2.26. The first-order valence-electron chi connectivity index (χ1n) is 7.30. The first-order chi connectivity index (χ1) is 11.2. The van der Waals surface area contributed by atoms with Gasteiger partial charge >= 0.3 is 0 Å². The van der Waals surface area contributed by atoms with E-state index in [1.165, 1.54) is 0 Å². The average Bonchev–Trinajstić information content (AvgIpc) is 2.61.